The van der Waals surface area contributed by atoms with Gasteiger partial charge in [0.1, 0.15) is 0 Å². The summed E-state index contributed by atoms with van der Waals surface area (Å²) in [6.07, 6.45) is 7.61. The topological polar surface area (TPSA) is 32.3 Å². The summed E-state index contributed by atoms with van der Waals surface area (Å²) >= 11 is 0. The molecule has 2 fully saturated rings. The van der Waals surface area contributed by atoms with E-state index in [-0.39, 0.29) is 12.4 Å². The van der Waals surface area contributed by atoms with Crippen LogP contribution in [0.3, 0.4) is 0 Å². The number of hydrogen-bond donors (Lipinski definition) is 1. The molecule has 2 rings (SSSR count). The summed E-state index contributed by atoms with van der Waals surface area (Å²) in [5.41, 5.74) is 0. The summed E-state index contributed by atoms with van der Waals surface area (Å²) in [4.78, 5) is 14.1. The molecular formula is C13H25ClN2O. The van der Waals surface area contributed by atoms with Crippen molar-refractivity contribution in [2.45, 2.75) is 51.5 Å². The quantitative estimate of drug-likeness (QED) is 0.841. The Morgan fingerprint density at radius 2 is 2.00 bits per heavy atom. The van der Waals surface area contributed by atoms with Gasteiger partial charge in [-0.15, -0.1) is 12.4 Å². The summed E-state index contributed by atoms with van der Waals surface area (Å²) in [7, 11) is 0. The van der Waals surface area contributed by atoms with Gasteiger partial charge < -0.3 is 10.2 Å². The molecule has 0 bridgehead atoms. The van der Waals surface area contributed by atoms with Crippen LogP contribution in [0.15, 0.2) is 0 Å². The van der Waals surface area contributed by atoms with E-state index in [1.807, 2.05) is 0 Å². The average molecular weight is 261 g/mol. The van der Waals surface area contributed by atoms with Crippen LogP contribution in [0, 0.1) is 5.92 Å². The number of rotatable bonds is 4. The molecule has 0 aromatic heterocycles. The largest absolute Gasteiger partial charge is 0.339 e. The number of halogens is 1. The van der Waals surface area contributed by atoms with Crippen molar-refractivity contribution in [3.05, 3.63) is 0 Å². The van der Waals surface area contributed by atoms with E-state index >= 15 is 0 Å². The zero-order valence-corrected chi connectivity index (χ0v) is 11.6. The van der Waals surface area contributed by atoms with Crippen LogP contribution in [0.25, 0.3) is 0 Å². The lowest BCUT2D eigenvalue weighted by atomic mass is 10.1. The third-order valence-electron chi connectivity index (χ3n) is 3.78. The first-order valence-corrected chi connectivity index (χ1v) is 6.77. The molecule has 3 nitrogen and oxygen atoms in total. The average Bonchev–Trinajstić information content (AvgIpc) is 3.06. The molecule has 2 aliphatic rings. The Bertz CT molecular complexity index is 244. The fourth-order valence-electron chi connectivity index (χ4n) is 2.45. The maximum atomic E-state index is 12.0. The monoisotopic (exact) mass is 260 g/mol. The van der Waals surface area contributed by atoms with Crippen LogP contribution in [0.1, 0.15) is 45.4 Å². The van der Waals surface area contributed by atoms with Crippen LogP contribution in [-0.2, 0) is 4.79 Å². The zero-order chi connectivity index (χ0) is 11.4. The van der Waals surface area contributed by atoms with E-state index in [2.05, 4.69) is 17.1 Å². The van der Waals surface area contributed by atoms with Crippen molar-refractivity contribution >= 4 is 18.3 Å². The first-order chi connectivity index (χ1) is 7.77. The molecule has 1 atom stereocenters. The van der Waals surface area contributed by atoms with Crippen LogP contribution in [0.4, 0.5) is 0 Å². The van der Waals surface area contributed by atoms with E-state index in [0.717, 1.165) is 19.0 Å². The van der Waals surface area contributed by atoms with E-state index in [9.17, 15) is 4.79 Å². The third-order valence-corrected chi connectivity index (χ3v) is 3.78. The smallest absolute Gasteiger partial charge is 0.236 e. The molecule has 0 spiro atoms. The van der Waals surface area contributed by atoms with E-state index in [0.29, 0.717) is 18.5 Å². The number of carbonyl (C=O) groups is 1. The summed E-state index contributed by atoms with van der Waals surface area (Å²) in [6.45, 7) is 4.73. The van der Waals surface area contributed by atoms with Gasteiger partial charge in [0.05, 0.1) is 6.54 Å². The molecule has 1 unspecified atom stereocenters. The Morgan fingerprint density at radius 1 is 1.24 bits per heavy atom. The van der Waals surface area contributed by atoms with Gasteiger partial charge in [-0.2, -0.15) is 0 Å². The first-order valence-electron chi connectivity index (χ1n) is 6.77. The molecular weight excluding hydrogens is 236 g/mol. The van der Waals surface area contributed by atoms with Crippen molar-refractivity contribution in [2.75, 3.05) is 19.6 Å². The number of likely N-dealkylation sites (tertiary alicyclic amines) is 1. The molecule has 1 aliphatic heterocycles. The Labute approximate surface area is 111 Å². The van der Waals surface area contributed by atoms with Crippen LogP contribution < -0.4 is 5.32 Å². The summed E-state index contributed by atoms with van der Waals surface area (Å²) in [5.74, 6) is 1.16. The van der Waals surface area contributed by atoms with Gasteiger partial charge in [0.15, 0.2) is 0 Å². The normalized spacial score (nSPS) is 25.0. The molecule has 0 aromatic rings. The second kappa shape index (κ2) is 7.22. The maximum Gasteiger partial charge on any atom is 0.236 e. The molecule has 1 aliphatic carbocycles. The standard InChI is InChI=1S/C13H24N2O.ClH/c1-11-5-3-2-4-8-15(11)13(16)10-14-9-12-6-7-12;/h11-12,14H,2-10H2,1H3;1H. The van der Waals surface area contributed by atoms with Crippen molar-refractivity contribution < 1.29 is 4.79 Å². The van der Waals surface area contributed by atoms with Crippen LogP contribution in [-0.4, -0.2) is 36.5 Å². The van der Waals surface area contributed by atoms with E-state index in [1.165, 1.54) is 38.5 Å². The molecule has 1 saturated heterocycles. The predicted molar refractivity (Wildman–Crippen MR) is 72.5 cm³/mol. The SMILES string of the molecule is CC1CCCCCN1C(=O)CNCC1CC1.Cl. The molecule has 1 amide bonds. The molecule has 4 heteroatoms. The lowest BCUT2D eigenvalue weighted by Crippen LogP contribution is -2.43. The number of nitrogens with zero attached hydrogens (tertiary/aromatic N) is 1. The highest BCUT2D eigenvalue weighted by Crippen LogP contribution is 2.27. The fourth-order valence-corrected chi connectivity index (χ4v) is 2.45. The van der Waals surface area contributed by atoms with Gasteiger partial charge in [-0.05, 0) is 45.1 Å². The molecule has 1 saturated carbocycles. The molecule has 100 valence electrons. The van der Waals surface area contributed by atoms with E-state index in [1.54, 1.807) is 0 Å². The van der Waals surface area contributed by atoms with Gasteiger partial charge >= 0.3 is 0 Å². The minimum absolute atomic E-state index is 0. The molecule has 0 radical (unpaired) electrons. The van der Waals surface area contributed by atoms with Gasteiger partial charge in [-0.3, -0.25) is 4.79 Å². The third kappa shape index (κ3) is 4.84. The number of carbonyl (C=O) groups excluding carboxylic acids is 1. The molecule has 17 heavy (non-hydrogen) atoms. The Kier molecular flexibility index (Phi) is 6.28. The van der Waals surface area contributed by atoms with Crippen LogP contribution in [0.5, 0.6) is 0 Å². The van der Waals surface area contributed by atoms with Gasteiger partial charge in [0.25, 0.3) is 0 Å². The summed E-state index contributed by atoms with van der Waals surface area (Å²) < 4.78 is 0. The minimum atomic E-state index is 0. The Morgan fingerprint density at radius 3 is 2.71 bits per heavy atom. The minimum Gasteiger partial charge on any atom is -0.339 e. The highest BCUT2D eigenvalue weighted by Gasteiger charge is 2.23. The first kappa shape index (κ1) is 14.8. The lowest BCUT2D eigenvalue weighted by molar-refractivity contribution is -0.132. The highest BCUT2D eigenvalue weighted by atomic mass is 35.5. The number of hydrogen-bond acceptors (Lipinski definition) is 2. The van der Waals surface area contributed by atoms with Crippen molar-refractivity contribution in [3.8, 4) is 0 Å². The van der Waals surface area contributed by atoms with Crippen molar-refractivity contribution in [1.29, 1.82) is 0 Å². The number of amides is 1. The van der Waals surface area contributed by atoms with Crippen molar-refractivity contribution in [2.24, 2.45) is 5.92 Å². The predicted octanol–water partition coefficient (Wildman–Crippen LogP) is 2.20. The zero-order valence-electron chi connectivity index (χ0n) is 10.8. The molecule has 0 aromatic carbocycles. The lowest BCUT2D eigenvalue weighted by Gasteiger charge is -2.27. The van der Waals surface area contributed by atoms with Crippen LogP contribution >= 0.6 is 12.4 Å². The molecule has 1 N–H and O–H groups in total. The second-order valence-corrected chi connectivity index (χ2v) is 5.36. The van der Waals surface area contributed by atoms with Gasteiger partial charge in [0.2, 0.25) is 5.91 Å². The van der Waals surface area contributed by atoms with Gasteiger partial charge in [0, 0.05) is 12.6 Å². The second-order valence-electron chi connectivity index (χ2n) is 5.36. The summed E-state index contributed by atoms with van der Waals surface area (Å²) in [6, 6.07) is 0.442. The molecule has 1 heterocycles. The Hall–Kier alpha value is -0.280. The van der Waals surface area contributed by atoms with Gasteiger partial charge in [-0.25, -0.2) is 0 Å². The van der Waals surface area contributed by atoms with E-state index < -0.39 is 0 Å². The van der Waals surface area contributed by atoms with E-state index in [4.69, 9.17) is 0 Å². The Balaban J connectivity index is 0.00000144. The fraction of sp³-hybridized carbons (Fsp3) is 0.923. The van der Waals surface area contributed by atoms with Crippen molar-refractivity contribution in [1.82, 2.24) is 10.2 Å². The maximum absolute atomic E-state index is 12.0. The highest BCUT2D eigenvalue weighted by molar-refractivity contribution is 5.85. The van der Waals surface area contributed by atoms with Crippen LogP contribution in [0.2, 0.25) is 0 Å². The van der Waals surface area contributed by atoms with Gasteiger partial charge in [-0.1, -0.05) is 12.8 Å². The number of nitrogens with one attached hydrogen (secondary N) is 1. The van der Waals surface area contributed by atoms with Crippen molar-refractivity contribution in [3.63, 3.8) is 0 Å². The summed E-state index contributed by atoms with van der Waals surface area (Å²) in [5, 5.41) is 3.29.